The molecule has 0 heterocycles. The average molecular weight is 271 g/mol. The first kappa shape index (κ1) is 10.8. The van der Waals surface area contributed by atoms with Gasteiger partial charge in [0.25, 0.3) is 0 Å². The average Bonchev–Trinajstić information content (AvgIpc) is 2.42. The third kappa shape index (κ3) is 1.53. The Kier molecular flexibility index (Phi) is 2.45. The molecule has 0 radical (unpaired) electrons. The Bertz CT molecular complexity index is 438. The minimum Gasteiger partial charge on any atom is -0.298 e. The first-order chi connectivity index (χ1) is 6.97. The summed E-state index contributed by atoms with van der Waals surface area (Å²) >= 11 is 3.35. The Balaban J connectivity index is 2.75. The maximum atomic E-state index is 13.5. The Labute approximate surface area is 96.8 Å². The standard InChI is InChI=1S/C12H12BrFO/c1-12(2)4-3-7-5-9(14)8(6-15)11(13)10(7)12/h5-6H,3-4H2,1-2H3. The number of rotatable bonds is 1. The van der Waals surface area contributed by atoms with Crippen LogP contribution in [0.4, 0.5) is 4.39 Å². The predicted molar refractivity (Wildman–Crippen MR) is 60.8 cm³/mol. The lowest BCUT2D eigenvalue weighted by atomic mass is 9.86. The topological polar surface area (TPSA) is 17.1 Å². The van der Waals surface area contributed by atoms with Gasteiger partial charge in [0.15, 0.2) is 6.29 Å². The molecule has 0 aromatic heterocycles. The Morgan fingerprint density at radius 3 is 2.80 bits per heavy atom. The minimum absolute atomic E-state index is 0.0274. The molecule has 0 saturated carbocycles. The van der Waals surface area contributed by atoms with Gasteiger partial charge in [-0.25, -0.2) is 4.39 Å². The molecular formula is C12H12BrFO. The Hall–Kier alpha value is -0.700. The zero-order valence-electron chi connectivity index (χ0n) is 8.73. The zero-order chi connectivity index (χ0) is 11.2. The van der Waals surface area contributed by atoms with Crippen molar-refractivity contribution in [2.75, 3.05) is 0 Å². The van der Waals surface area contributed by atoms with Gasteiger partial charge in [-0.15, -0.1) is 0 Å². The van der Waals surface area contributed by atoms with Gasteiger partial charge in [-0.3, -0.25) is 4.79 Å². The van der Waals surface area contributed by atoms with Crippen molar-refractivity contribution in [2.24, 2.45) is 0 Å². The van der Waals surface area contributed by atoms with Crippen LogP contribution in [0.15, 0.2) is 10.5 Å². The van der Waals surface area contributed by atoms with E-state index >= 15 is 0 Å². The smallest absolute Gasteiger partial charge is 0.154 e. The number of benzene rings is 1. The van der Waals surface area contributed by atoms with E-state index in [0.717, 1.165) is 24.0 Å². The van der Waals surface area contributed by atoms with Crippen molar-refractivity contribution in [3.05, 3.63) is 33.0 Å². The summed E-state index contributed by atoms with van der Waals surface area (Å²) in [5.41, 5.74) is 2.28. The second kappa shape index (κ2) is 3.41. The molecule has 0 saturated heterocycles. The largest absolute Gasteiger partial charge is 0.298 e. The molecule has 0 fully saturated rings. The number of fused-ring (bicyclic) bond motifs is 1. The summed E-state index contributed by atoms with van der Waals surface area (Å²) in [6.45, 7) is 4.24. The molecule has 1 aromatic rings. The van der Waals surface area contributed by atoms with Gasteiger partial charge < -0.3 is 0 Å². The van der Waals surface area contributed by atoms with Crippen molar-refractivity contribution in [3.8, 4) is 0 Å². The summed E-state index contributed by atoms with van der Waals surface area (Å²) in [4.78, 5) is 10.8. The van der Waals surface area contributed by atoms with Crippen molar-refractivity contribution in [2.45, 2.75) is 32.1 Å². The van der Waals surface area contributed by atoms with Gasteiger partial charge in [0.1, 0.15) is 5.82 Å². The number of aryl methyl sites for hydroxylation is 1. The molecule has 0 amide bonds. The maximum Gasteiger partial charge on any atom is 0.154 e. The molecule has 1 nitrogen and oxygen atoms in total. The van der Waals surface area contributed by atoms with Crippen LogP contribution in [0, 0.1) is 5.82 Å². The third-order valence-corrected chi connectivity index (χ3v) is 3.97. The number of aldehydes is 1. The third-order valence-electron chi connectivity index (χ3n) is 3.15. The fourth-order valence-corrected chi connectivity index (χ4v) is 3.37. The van der Waals surface area contributed by atoms with Gasteiger partial charge in [0.05, 0.1) is 5.56 Å². The molecule has 1 aliphatic carbocycles. The molecule has 15 heavy (non-hydrogen) atoms. The molecule has 0 atom stereocenters. The molecule has 80 valence electrons. The summed E-state index contributed by atoms with van der Waals surface area (Å²) < 4.78 is 14.1. The van der Waals surface area contributed by atoms with Gasteiger partial charge >= 0.3 is 0 Å². The second-order valence-corrected chi connectivity index (χ2v) is 5.41. The fourth-order valence-electron chi connectivity index (χ4n) is 2.29. The lowest BCUT2D eigenvalue weighted by Gasteiger charge is -2.21. The molecule has 1 aliphatic rings. The molecule has 0 N–H and O–H groups in total. The SMILES string of the molecule is CC1(C)CCc2cc(F)c(C=O)c(Br)c21. The van der Waals surface area contributed by atoms with Crippen LogP contribution in [-0.2, 0) is 11.8 Å². The van der Waals surface area contributed by atoms with Crippen molar-refractivity contribution in [1.82, 2.24) is 0 Å². The van der Waals surface area contributed by atoms with Crippen LogP contribution >= 0.6 is 15.9 Å². The van der Waals surface area contributed by atoms with Crippen LogP contribution in [0.25, 0.3) is 0 Å². The number of hydrogen-bond donors (Lipinski definition) is 0. The highest BCUT2D eigenvalue weighted by atomic mass is 79.9. The Morgan fingerprint density at radius 2 is 2.20 bits per heavy atom. The van der Waals surface area contributed by atoms with Gasteiger partial charge in [-0.2, -0.15) is 0 Å². The van der Waals surface area contributed by atoms with Crippen LogP contribution < -0.4 is 0 Å². The first-order valence-electron chi connectivity index (χ1n) is 4.94. The van der Waals surface area contributed by atoms with Gasteiger partial charge in [0, 0.05) is 4.47 Å². The van der Waals surface area contributed by atoms with Crippen molar-refractivity contribution in [3.63, 3.8) is 0 Å². The molecule has 0 aliphatic heterocycles. The molecule has 2 rings (SSSR count). The van der Waals surface area contributed by atoms with E-state index in [9.17, 15) is 9.18 Å². The molecule has 3 heteroatoms. The van der Waals surface area contributed by atoms with Gasteiger partial charge in [-0.05, 0) is 51.4 Å². The fraction of sp³-hybridized carbons (Fsp3) is 0.417. The monoisotopic (exact) mass is 270 g/mol. The van der Waals surface area contributed by atoms with Gasteiger partial charge in [0.2, 0.25) is 0 Å². The van der Waals surface area contributed by atoms with E-state index in [1.165, 1.54) is 6.07 Å². The number of carbonyl (C=O) groups is 1. The minimum atomic E-state index is -0.423. The van der Waals surface area contributed by atoms with Gasteiger partial charge in [-0.1, -0.05) is 13.8 Å². The highest BCUT2D eigenvalue weighted by Gasteiger charge is 2.33. The van der Waals surface area contributed by atoms with Crippen LogP contribution in [0.1, 0.15) is 41.8 Å². The summed E-state index contributed by atoms with van der Waals surface area (Å²) in [5.74, 6) is -0.423. The maximum absolute atomic E-state index is 13.5. The van der Waals surface area contributed by atoms with E-state index in [4.69, 9.17) is 0 Å². The van der Waals surface area contributed by atoms with E-state index in [1.807, 2.05) is 0 Å². The van der Waals surface area contributed by atoms with Crippen LogP contribution in [0.5, 0.6) is 0 Å². The Morgan fingerprint density at radius 1 is 1.53 bits per heavy atom. The number of carbonyl (C=O) groups excluding carboxylic acids is 1. The predicted octanol–water partition coefficient (Wildman–Crippen LogP) is 3.62. The van der Waals surface area contributed by atoms with E-state index in [-0.39, 0.29) is 11.0 Å². The molecule has 0 unspecified atom stereocenters. The lowest BCUT2D eigenvalue weighted by molar-refractivity contribution is 0.111. The quantitative estimate of drug-likeness (QED) is 0.713. The lowest BCUT2D eigenvalue weighted by Crippen LogP contribution is -2.14. The zero-order valence-corrected chi connectivity index (χ0v) is 10.3. The van der Waals surface area contributed by atoms with Crippen molar-refractivity contribution < 1.29 is 9.18 Å². The summed E-state index contributed by atoms with van der Waals surface area (Å²) in [6, 6.07) is 1.50. The second-order valence-electron chi connectivity index (χ2n) is 4.62. The number of halogens is 2. The normalized spacial score (nSPS) is 17.6. The highest BCUT2D eigenvalue weighted by molar-refractivity contribution is 9.10. The van der Waals surface area contributed by atoms with E-state index in [1.54, 1.807) is 0 Å². The van der Waals surface area contributed by atoms with Crippen molar-refractivity contribution in [1.29, 1.82) is 0 Å². The first-order valence-corrected chi connectivity index (χ1v) is 5.73. The molecular weight excluding hydrogens is 259 g/mol. The van der Waals surface area contributed by atoms with Crippen LogP contribution in [0.2, 0.25) is 0 Å². The van der Waals surface area contributed by atoms with E-state index in [2.05, 4.69) is 29.8 Å². The van der Waals surface area contributed by atoms with E-state index < -0.39 is 5.82 Å². The van der Waals surface area contributed by atoms with Crippen LogP contribution in [-0.4, -0.2) is 6.29 Å². The summed E-state index contributed by atoms with van der Waals surface area (Å²) in [7, 11) is 0. The molecule has 1 aromatic carbocycles. The van der Waals surface area contributed by atoms with E-state index in [0.29, 0.717) is 10.8 Å². The van der Waals surface area contributed by atoms with Crippen LogP contribution in [0.3, 0.4) is 0 Å². The molecule has 0 spiro atoms. The summed E-state index contributed by atoms with van der Waals surface area (Å²) in [6.07, 6.45) is 2.47. The summed E-state index contributed by atoms with van der Waals surface area (Å²) in [5, 5.41) is 0. The molecule has 0 bridgehead atoms. The van der Waals surface area contributed by atoms with Crippen molar-refractivity contribution >= 4 is 22.2 Å². The number of hydrogen-bond acceptors (Lipinski definition) is 1. The highest BCUT2D eigenvalue weighted by Crippen LogP contribution is 2.44.